The molecule has 57 heavy (non-hydrogen) atoms. The van der Waals surface area contributed by atoms with E-state index in [-0.39, 0.29) is 91.1 Å². The zero-order chi connectivity index (χ0) is 40.6. The van der Waals surface area contributed by atoms with Crippen LogP contribution in [-0.2, 0) is 42.9 Å². The van der Waals surface area contributed by atoms with E-state index in [9.17, 15) is 24.0 Å². The van der Waals surface area contributed by atoms with Gasteiger partial charge in [-0.1, -0.05) is 62.0 Å². The summed E-state index contributed by atoms with van der Waals surface area (Å²) < 4.78 is 30.0. The minimum atomic E-state index is -0.724. The van der Waals surface area contributed by atoms with Crippen molar-refractivity contribution in [2.75, 3.05) is 13.2 Å². The Balaban J connectivity index is 1.01. The molecule has 3 saturated carbocycles. The molecule has 0 radical (unpaired) electrons. The normalized spacial score (nSPS) is 32.2. The number of carbonyl (C=O) groups is 5. The van der Waals surface area contributed by atoms with E-state index < -0.39 is 11.7 Å². The topological polar surface area (TPSA) is 156 Å². The Kier molecular flexibility index (Phi) is 17.3. The van der Waals surface area contributed by atoms with Gasteiger partial charge in [-0.3, -0.25) is 19.2 Å². The Morgan fingerprint density at radius 3 is 1.88 bits per heavy atom. The second-order valence-corrected chi connectivity index (χ2v) is 16.4. The van der Waals surface area contributed by atoms with E-state index in [4.69, 9.17) is 23.7 Å². The Morgan fingerprint density at radius 1 is 0.737 bits per heavy atom. The quantitative estimate of drug-likeness (QED) is 0.0617. The molecule has 3 aliphatic carbocycles. The molecule has 9 unspecified atom stereocenters. The van der Waals surface area contributed by atoms with E-state index in [2.05, 4.69) is 66.2 Å². The molecule has 2 heterocycles. The number of fused-ring (bicyclic) bond motifs is 6. The average Bonchev–Trinajstić information content (AvgIpc) is 3.45. The van der Waals surface area contributed by atoms with Gasteiger partial charge in [0.25, 0.3) is 0 Å². The van der Waals surface area contributed by atoms with Crippen molar-refractivity contribution in [2.45, 2.75) is 166 Å². The molecule has 5 fully saturated rings. The summed E-state index contributed by atoms with van der Waals surface area (Å²) in [5.74, 6) is -1.45. The molecule has 0 aromatic carbocycles. The molecule has 0 bridgehead atoms. The summed E-state index contributed by atoms with van der Waals surface area (Å²) >= 11 is 0. The van der Waals surface area contributed by atoms with Gasteiger partial charge >= 0.3 is 24.0 Å². The van der Waals surface area contributed by atoms with Gasteiger partial charge in [0.2, 0.25) is 5.91 Å². The monoisotopic (exact) mass is 794 g/mol. The molecule has 5 aliphatic rings. The fourth-order valence-electron chi connectivity index (χ4n) is 10.1. The molecule has 316 valence electrons. The third-order valence-electron chi connectivity index (χ3n) is 12.4. The van der Waals surface area contributed by atoms with Crippen LogP contribution in [0.25, 0.3) is 0 Å². The lowest BCUT2D eigenvalue weighted by Gasteiger charge is -2.59. The SMILES string of the molecule is CCCC=CCC=CCC=CCC=CCCCC(=O)NCCOC(=O)NC1CCC2C(C1)C(=O)OC21C2CCC(OC(C)=O)CC2OC2CC(OC(C)=O)CCC21. The lowest BCUT2D eigenvalue weighted by Crippen LogP contribution is -2.66. The maximum absolute atomic E-state index is 13.8. The van der Waals surface area contributed by atoms with Gasteiger partial charge in [-0.2, -0.15) is 0 Å². The minimum Gasteiger partial charge on any atom is -0.462 e. The van der Waals surface area contributed by atoms with Crippen LogP contribution in [0.1, 0.15) is 130 Å². The Hall–Kier alpha value is -3.93. The fraction of sp³-hybridized carbons (Fsp3) is 0.711. The summed E-state index contributed by atoms with van der Waals surface area (Å²) in [5.41, 5.74) is -0.724. The fourth-order valence-corrected chi connectivity index (χ4v) is 10.1. The highest BCUT2D eigenvalue weighted by Crippen LogP contribution is 2.61. The summed E-state index contributed by atoms with van der Waals surface area (Å²) in [5, 5.41) is 5.77. The molecule has 0 aromatic heterocycles. The molecular weight excluding hydrogens is 728 g/mol. The van der Waals surface area contributed by atoms with E-state index >= 15 is 0 Å². The highest BCUT2D eigenvalue weighted by molar-refractivity contribution is 5.77. The standard InChI is InChI=1S/C45H66N2O10/c1-4-5-6-7-8-9-10-11-12-13-14-15-16-17-18-19-42(50)46-26-27-53-44(52)47-33-20-23-37-36(28-33)43(51)57-45(37)38-24-21-34(54-31(2)48)29-40(38)56-41-30-35(55-32(3)49)22-25-39(41)45/h6-7,9-10,12-13,15-16,33-41H,4-5,8,11,14,17-30H2,1-3H3,(H,46,50)(H,47,52). The van der Waals surface area contributed by atoms with Crippen LogP contribution in [0, 0.1) is 23.7 Å². The molecule has 1 spiro atoms. The third-order valence-corrected chi connectivity index (χ3v) is 12.4. The molecule has 2 aliphatic heterocycles. The number of esters is 3. The molecule has 12 heteroatoms. The molecule has 0 aromatic rings. The van der Waals surface area contributed by atoms with Gasteiger partial charge in [-0.05, 0) is 83.5 Å². The van der Waals surface area contributed by atoms with Crippen molar-refractivity contribution < 1.29 is 47.7 Å². The second-order valence-electron chi connectivity index (χ2n) is 16.4. The van der Waals surface area contributed by atoms with Gasteiger partial charge in [0, 0.05) is 56.9 Å². The van der Waals surface area contributed by atoms with Crippen molar-refractivity contribution in [2.24, 2.45) is 23.7 Å². The van der Waals surface area contributed by atoms with Crippen LogP contribution in [0.4, 0.5) is 4.79 Å². The summed E-state index contributed by atoms with van der Waals surface area (Å²) in [6.07, 6.45) is 28.5. The predicted molar refractivity (Wildman–Crippen MR) is 215 cm³/mol. The van der Waals surface area contributed by atoms with Gasteiger partial charge in [0.1, 0.15) is 24.4 Å². The number of rotatable bonds is 18. The van der Waals surface area contributed by atoms with Gasteiger partial charge in [-0.25, -0.2) is 4.79 Å². The third kappa shape index (κ3) is 12.5. The predicted octanol–water partition coefficient (Wildman–Crippen LogP) is 7.51. The van der Waals surface area contributed by atoms with Crippen molar-refractivity contribution >= 4 is 29.9 Å². The summed E-state index contributed by atoms with van der Waals surface area (Å²) in [6, 6.07) is -0.245. The molecular formula is C45H66N2O10. The van der Waals surface area contributed by atoms with Crippen LogP contribution in [0.3, 0.4) is 0 Å². The Labute approximate surface area is 338 Å². The first-order valence-electron chi connectivity index (χ1n) is 21.6. The van der Waals surface area contributed by atoms with E-state index in [0.717, 1.165) is 38.5 Å². The van der Waals surface area contributed by atoms with Gasteiger partial charge in [-0.15, -0.1) is 0 Å². The molecule has 2 amide bonds. The van der Waals surface area contributed by atoms with Gasteiger partial charge < -0.3 is 34.3 Å². The van der Waals surface area contributed by atoms with Crippen molar-refractivity contribution in [3.63, 3.8) is 0 Å². The summed E-state index contributed by atoms with van der Waals surface area (Å²) in [7, 11) is 0. The number of hydrogen-bond donors (Lipinski definition) is 2. The maximum atomic E-state index is 13.8. The largest absolute Gasteiger partial charge is 0.462 e. The van der Waals surface area contributed by atoms with Crippen LogP contribution < -0.4 is 10.6 Å². The van der Waals surface area contributed by atoms with Crippen molar-refractivity contribution in [3.8, 4) is 0 Å². The van der Waals surface area contributed by atoms with Gasteiger partial charge in [0.05, 0.1) is 24.7 Å². The smallest absolute Gasteiger partial charge is 0.407 e. The van der Waals surface area contributed by atoms with Crippen molar-refractivity contribution in [1.29, 1.82) is 0 Å². The van der Waals surface area contributed by atoms with Crippen LogP contribution >= 0.6 is 0 Å². The molecule has 5 rings (SSSR count). The summed E-state index contributed by atoms with van der Waals surface area (Å²) in [4.78, 5) is 62.5. The molecule has 9 atom stereocenters. The van der Waals surface area contributed by atoms with Crippen LogP contribution in [0.2, 0.25) is 0 Å². The summed E-state index contributed by atoms with van der Waals surface area (Å²) in [6.45, 7) is 5.28. The van der Waals surface area contributed by atoms with E-state index in [0.29, 0.717) is 64.2 Å². The van der Waals surface area contributed by atoms with E-state index in [1.165, 1.54) is 20.3 Å². The highest BCUT2D eigenvalue weighted by Gasteiger charge is 2.69. The minimum absolute atomic E-state index is 0.0379. The molecule has 2 N–H and O–H groups in total. The van der Waals surface area contributed by atoms with Crippen molar-refractivity contribution in [3.05, 3.63) is 48.6 Å². The average molecular weight is 795 g/mol. The molecule has 2 saturated heterocycles. The van der Waals surface area contributed by atoms with E-state index in [1.54, 1.807) is 0 Å². The van der Waals surface area contributed by atoms with Crippen LogP contribution in [0.5, 0.6) is 0 Å². The highest BCUT2D eigenvalue weighted by atomic mass is 16.6. The number of allylic oxidation sites excluding steroid dienone is 8. The van der Waals surface area contributed by atoms with Crippen molar-refractivity contribution in [1.82, 2.24) is 10.6 Å². The zero-order valence-corrected chi connectivity index (χ0v) is 34.3. The van der Waals surface area contributed by atoms with E-state index in [1.807, 2.05) is 0 Å². The number of alkyl carbamates (subject to hydrolysis) is 1. The van der Waals surface area contributed by atoms with Crippen LogP contribution in [-0.4, -0.2) is 79.1 Å². The van der Waals surface area contributed by atoms with Crippen LogP contribution in [0.15, 0.2) is 48.6 Å². The number of nitrogens with one attached hydrogen (secondary N) is 2. The first-order chi connectivity index (χ1) is 27.6. The first kappa shape index (κ1) is 44.2. The number of ether oxygens (including phenoxy) is 5. The Morgan fingerprint density at radius 2 is 1.30 bits per heavy atom. The Bertz CT molecular complexity index is 1450. The lowest BCUT2D eigenvalue weighted by atomic mass is 9.54. The zero-order valence-electron chi connectivity index (χ0n) is 34.3. The number of amides is 2. The maximum Gasteiger partial charge on any atom is 0.407 e. The second kappa shape index (κ2) is 22.3. The number of unbranched alkanes of at least 4 members (excludes halogenated alkanes) is 2. The number of carbonyl (C=O) groups excluding carboxylic acids is 5. The number of hydrogen-bond acceptors (Lipinski definition) is 10. The first-order valence-corrected chi connectivity index (χ1v) is 21.6. The lowest BCUT2D eigenvalue weighted by molar-refractivity contribution is -0.269. The van der Waals surface area contributed by atoms with Gasteiger partial charge in [0.15, 0.2) is 0 Å². The molecule has 12 nitrogen and oxygen atoms in total.